The molecule has 4 heteroatoms. The molecule has 9 rings (SSSR count). The summed E-state index contributed by atoms with van der Waals surface area (Å²) in [5.74, 6) is 0. The summed E-state index contributed by atoms with van der Waals surface area (Å²) in [6, 6.07) is 48.7. The maximum atomic E-state index is 2.68. The second kappa shape index (κ2) is 12.8. The van der Waals surface area contributed by atoms with Gasteiger partial charge in [-0.15, -0.1) is 0 Å². The quantitative estimate of drug-likeness (QED) is 0.146. The van der Waals surface area contributed by atoms with Gasteiger partial charge in [-0.2, -0.15) is 0 Å². The van der Waals surface area contributed by atoms with Gasteiger partial charge in [0.05, 0.1) is 0 Å². The van der Waals surface area contributed by atoms with Crippen molar-refractivity contribution in [3.8, 4) is 20.9 Å². The van der Waals surface area contributed by atoms with Gasteiger partial charge in [-0.1, -0.05) is 0 Å². The van der Waals surface area contributed by atoms with Gasteiger partial charge in [0, 0.05) is 0 Å². The molecule has 0 saturated heterocycles. The molecule has 2 aromatic heterocycles. The summed E-state index contributed by atoms with van der Waals surface area (Å²) in [6.45, 7) is 8.86. The van der Waals surface area contributed by atoms with E-state index in [2.05, 4.69) is 201 Å². The second-order valence-corrected chi connectivity index (χ2v) is 51.0. The van der Waals surface area contributed by atoms with E-state index < -0.39 is 47.6 Å². The molecule has 0 radical (unpaired) electrons. The third-order valence-corrected chi connectivity index (χ3v) is 33.3. The average Bonchev–Trinajstić information content (AvgIpc) is 3.88. The molecule has 0 fully saturated rings. The molecule has 0 N–H and O–H groups in total. The van der Waals surface area contributed by atoms with Crippen LogP contribution < -0.4 is 5.79 Å². The molecule has 0 unspecified atom stereocenters. The zero-order valence-corrected chi connectivity index (χ0v) is 40.7. The van der Waals surface area contributed by atoms with E-state index in [9.17, 15) is 0 Å². The minimum absolute atomic E-state index is 0.407. The van der Waals surface area contributed by atoms with Crippen molar-refractivity contribution in [1.29, 1.82) is 0 Å². The van der Waals surface area contributed by atoms with Crippen molar-refractivity contribution in [3.05, 3.63) is 188 Å². The Morgan fingerprint density at radius 2 is 0.611 bits per heavy atom. The first-order valence-corrected chi connectivity index (χ1v) is 41.0. The molecular weight excluding hydrogens is 902 g/mol. The zero-order chi connectivity index (χ0) is 37.9. The van der Waals surface area contributed by atoms with Gasteiger partial charge in [0.25, 0.3) is 0 Å². The maximum absolute atomic E-state index is 2.68. The molecular formula is C50H50S2Sn2. The van der Waals surface area contributed by atoms with Gasteiger partial charge >= 0.3 is 342 Å². The van der Waals surface area contributed by atoms with E-state index in [4.69, 9.17) is 0 Å². The first kappa shape index (κ1) is 36.7. The van der Waals surface area contributed by atoms with Crippen molar-refractivity contribution in [3.63, 3.8) is 0 Å². The molecule has 0 atom stereocenters. The third-order valence-electron chi connectivity index (χ3n) is 12.1. The van der Waals surface area contributed by atoms with Gasteiger partial charge < -0.3 is 0 Å². The predicted molar refractivity (Wildman–Crippen MR) is 242 cm³/mol. The molecule has 7 aromatic rings. The van der Waals surface area contributed by atoms with E-state index in [1.165, 1.54) is 87.6 Å². The van der Waals surface area contributed by atoms with E-state index in [0.717, 1.165) is 0 Å². The van der Waals surface area contributed by atoms with Gasteiger partial charge in [0.1, 0.15) is 0 Å². The first-order chi connectivity index (χ1) is 25.6. The molecule has 0 amide bonds. The molecule has 5 aromatic carbocycles. The van der Waals surface area contributed by atoms with Crippen LogP contribution in [-0.2, 0) is 10.8 Å². The molecule has 2 aliphatic carbocycles. The molecule has 270 valence electrons. The number of aryl methyl sites for hydroxylation is 4. The molecule has 2 heterocycles. The van der Waals surface area contributed by atoms with Crippen LogP contribution in [0.1, 0.15) is 66.8 Å². The molecule has 0 aliphatic heterocycles. The van der Waals surface area contributed by atoms with E-state index >= 15 is 0 Å². The third kappa shape index (κ3) is 5.39. The summed E-state index contributed by atoms with van der Waals surface area (Å²) in [6.07, 6.45) is 0. The van der Waals surface area contributed by atoms with E-state index in [0.29, 0.717) is 0 Å². The van der Waals surface area contributed by atoms with Crippen LogP contribution in [0.3, 0.4) is 0 Å². The topological polar surface area (TPSA) is 0 Å². The van der Waals surface area contributed by atoms with Gasteiger partial charge in [-0.05, 0) is 0 Å². The van der Waals surface area contributed by atoms with Crippen LogP contribution in [0.4, 0.5) is 0 Å². The number of hydrogen-bond acceptors (Lipinski definition) is 2. The van der Waals surface area contributed by atoms with Crippen LogP contribution in [0.2, 0.25) is 29.6 Å². The molecule has 0 saturated carbocycles. The molecule has 54 heavy (non-hydrogen) atoms. The van der Waals surface area contributed by atoms with E-state index in [1.54, 1.807) is 5.79 Å². The summed E-state index contributed by atoms with van der Waals surface area (Å²) >= 11 is -0.761. The van der Waals surface area contributed by atoms with Crippen molar-refractivity contribution in [2.24, 2.45) is 0 Å². The summed E-state index contributed by atoms with van der Waals surface area (Å²) in [7, 11) is 0. The summed E-state index contributed by atoms with van der Waals surface area (Å²) in [5, 5.41) is 0. The van der Waals surface area contributed by atoms with E-state index in [-0.39, 0.29) is 0 Å². The Labute approximate surface area is 339 Å². The van der Waals surface area contributed by atoms with Gasteiger partial charge in [0.15, 0.2) is 0 Å². The second-order valence-electron chi connectivity index (χ2n) is 18.1. The molecule has 0 bridgehead atoms. The summed E-state index contributed by atoms with van der Waals surface area (Å²) in [4.78, 5) is 18.4. The van der Waals surface area contributed by atoms with Crippen LogP contribution in [-0.4, -0.2) is 36.8 Å². The normalized spacial score (nSPS) is 15.1. The van der Waals surface area contributed by atoms with Crippen molar-refractivity contribution in [2.45, 2.75) is 68.2 Å². The van der Waals surface area contributed by atoms with E-state index in [1.807, 2.05) is 0 Å². The number of thiophene rings is 2. The van der Waals surface area contributed by atoms with Crippen LogP contribution in [0.5, 0.6) is 0 Å². The Kier molecular flexibility index (Phi) is 8.71. The first-order valence-electron chi connectivity index (χ1n) is 19.4. The number of benzene rings is 5. The zero-order valence-electron chi connectivity index (χ0n) is 33.4. The van der Waals surface area contributed by atoms with Crippen LogP contribution >= 0.6 is 22.7 Å². The van der Waals surface area contributed by atoms with Crippen LogP contribution in [0, 0.1) is 27.7 Å². The Balaban J connectivity index is 1.47. The van der Waals surface area contributed by atoms with Crippen molar-refractivity contribution < 1.29 is 0 Å². The SMILES string of the molecule is Cc1ccc(C2(c3ccc(C)cc3)c3cc4c(cc3-c3s[c]([Sn]([CH3])([CH3])[CH3])cc32)C(c2ccc(C)cc2)(c2ccc(C)cc2)c2c[c]([Sn]([CH3])([CH3])[CH3])sc2-4)cc1. The Morgan fingerprint density at radius 1 is 0.352 bits per heavy atom. The standard InChI is InChI=1S/C44H32S2.6CH3.2Sn/c1-27-5-13-31(14-6-27)43(32-15-7-28(2)8-16-32)37-21-23-45-41(37)35-26-40-36(25-39(35)43)42-38(22-24-46-42)44(40,33-17-9-29(3)10-18-33)34-19-11-30(4)12-20-34;;;;;;;;/h5-22,25-26H,1-4H3;6*1H3;;. The molecule has 2 aliphatic rings. The number of hydrogen-bond donors (Lipinski definition) is 0. The molecule has 0 nitrogen and oxygen atoms in total. The average molecular weight is 953 g/mol. The Morgan fingerprint density at radius 3 is 0.852 bits per heavy atom. The van der Waals surface area contributed by atoms with Gasteiger partial charge in [-0.25, -0.2) is 0 Å². The van der Waals surface area contributed by atoms with Crippen molar-refractivity contribution in [1.82, 2.24) is 0 Å². The van der Waals surface area contributed by atoms with Crippen LogP contribution in [0.15, 0.2) is 121 Å². The minimum atomic E-state index is -2.49. The summed E-state index contributed by atoms with van der Waals surface area (Å²) < 4.78 is 3.29. The van der Waals surface area contributed by atoms with Gasteiger partial charge in [-0.3, -0.25) is 0 Å². The summed E-state index contributed by atoms with van der Waals surface area (Å²) in [5.41, 5.74) is 18.5. The Bertz CT molecular complexity index is 2290. The fourth-order valence-electron chi connectivity index (χ4n) is 9.16. The molecule has 0 spiro atoms. The number of fused-ring (bicyclic) bond motifs is 6. The van der Waals surface area contributed by atoms with Crippen molar-refractivity contribution >= 4 is 65.2 Å². The Hall–Kier alpha value is -2.90. The fourth-order valence-corrected chi connectivity index (χ4v) is 22.1. The predicted octanol–water partition coefficient (Wildman–Crippen LogP) is 12.9. The van der Waals surface area contributed by atoms with Gasteiger partial charge in [0.2, 0.25) is 0 Å². The van der Waals surface area contributed by atoms with Crippen molar-refractivity contribution in [2.75, 3.05) is 0 Å². The number of rotatable bonds is 6. The monoisotopic (exact) mass is 954 g/mol. The fraction of sp³-hybridized carbons (Fsp3) is 0.240. The van der Waals surface area contributed by atoms with Crippen LogP contribution in [0.25, 0.3) is 20.9 Å².